The van der Waals surface area contributed by atoms with Gasteiger partial charge in [-0.2, -0.15) is 15.0 Å². The van der Waals surface area contributed by atoms with Crippen LogP contribution >= 0.6 is 0 Å². The second-order valence-corrected chi connectivity index (χ2v) is 3.84. The molecule has 5 nitrogen and oxygen atoms in total. The maximum Gasteiger partial charge on any atom is 0.321 e. The van der Waals surface area contributed by atoms with Crippen molar-refractivity contribution < 1.29 is 4.74 Å². The summed E-state index contributed by atoms with van der Waals surface area (Å²) in [5.41, 5.74) is 2.21. The van der Waals surface area contributed by atoms with Crippen LogP contribution in [0, 0.1) is 13.8 Å². The average Bonchev–Trinajstić information content (AvgIpc) is 2.37. The van der Waals surface area contributed by atoms with E-state index in [0.717, 1.165) is 5.56 Å². The molecule has 1 heterocycles. The fourth-order valence-electron chi connectivity index (χ4n) is 1.38. The van der Waals surface area contributed by atoms with E-state index < -0.39 is 0 Å². The van der Waals surface area contributed by atoms with Crippen molar-refractivity contribution in [2.45, 2.75) is 13.8 Å². The zero-order chi connectivity index (χ0) is 13.0. The van der Waals surface area contributed by atoms with Gasteiger partial charge in [0.2, 0.25) is 0 Å². The molecule has 0 N–H and O–H groups in total. The largest absolute Gasteiger partial charge is 0.467 e. The molecule has 0 atom stereocenters. The van der Waals surface area contributed by atoms with Gasteiger partial charge in [-0.25, -0.2) is 4.99 Å². The fourth-order valence-corrected chi connectivity index (χ4v) is 1.38. The number of hydrogen-bond acceptors (Lipinski definition) is 5. The summed E-state index contributed by atoms with van der Waals surface area (Å²) in [7, 11) is 1.52. The summed E-state index contributed by atoms with van der Waals surface area (Å²) in [6.07, 6.45) is 1.72. The molecule has 0 unspecified atom stereocenters. The number of methoxy groups -OCH3 is 1. The molecule has 2 rings (SSSR count). The summed E-state index contributed by atoms with van der Waals surface area (Å²) >= 11 is 0. The molecule has 0 amide bonds. The molecule has 5 heteroatoms. The van der Waals surface area contributed by atoms with Crippen molar-refractivity contribution in [2.24, 2.45) is 4.99 Å². The van der Waals surface area contributed by atoms with E-state index >= 15 is 0 Å². The minimum atomic E-state index is 0.276. The van der Waals surface area contributed by atoms with E-state index in [0.29, 0.717) is 11.8 Å². The topological polar surface area (TPSA) is 60.3 Å². The van der Waals surface area contributed by atoms with Gasteiger partial charge in [0.1, 0.15) is 5.82 Å². The van der Waals surface area contributed by atoms with Crippen LogP contribution < -0.4 is 4.74 Å². The summed E-state index contributed by atoms with van der Waals surface area (Å²) in [4.78, 5) is 16.4. The van der Waals surface area contributed by atoms with E-state index in [-0.39, 0.29) is 6.01 Å². The highest BCUT2D eigenvalue weighted by Gasteiger charge is 2.01. The molecule has 0 saturated carbocycles. The monoisotopic (exact) mass is 242 g/mol. The number of aryl methyl sites for hydroxylation is 2. The third-order valence-electron chi connectivity index (χ3n) is 2.30. The van der Waals surface area contributed by atoms with Crippen LogP contribution in [0.4, 0.5) is 5.95 Å². The van der Waals surface area contributed by atoms with Crippen LogP contribution in [0.15, 0.2) is 29.3 Å². The van der Waals surface area contributed by atoms with Gasteiger partial charge in [0.05, 0.1) is 7.11 Å². The maximum absolute atomic E-state index is 4.97. The smallest absolute Gasteiger partial charge is 0.321 e. The predicted octanol–water partition coefficient (Wildman–Crippen LogP) is 2.25. The highest BCUT2D eigenvalue weighted by Crippen LogP contribution is 2.10. The molecule has 0 aliphatic carbocycles. The molecule has 92 valence electrons. The molecule has 1 aromatic carbocycles. The Labute approximate surface area is 106 Å². The van der Waals surface area contributed by atoms with Gasteiger partial charge < -0.3 is 4.74 Å². The normalized spacial score (nSPS) is 10.8. The Morgan fingerprint density at radius 3 is 2.44 bits per heavy atom. The van der Waals surface area contributed by atoms with E-state index in [1.165, 1.54) is 12.7 Å². The van der Waals surface area contributed by atoms with Crippen molar-refractivity contribution in [3.05, 3.63) is 41.2 Å². The van der Waals surface area contributed by atoms with Crippen molar-refractivity contribution in [1.29, 1.82) is 0 Å². The lowest BCUT2D eigenvalue weighted by Gasteiger charge is -1.99. The summed E-state index contributed by atoms with van der Waals surface area (Å²) in [5.74, 6) is 0.929. The molecule has 1 aromatic heterocycles. The summed E-state index contributed by atoms with van der Waals surface area (Å²) in [5, 5.41) is 0. The Bertz CT molecular complexity index is 564. The van der Waals surface area contributed by atoms with Crippen LogP contribution in [0.3, 0.4) is 0 Å². The number of rotatable bonds is 3. The highest BCUT2D eigenvalue weighted by molar-refractivity contribution is 5.81. The number of nitrogens with zero attached hydrogens (tertiary/aromatic N) is 4. The standard InChI is InChI=1S/C13H14N4O/c1-9-4-6-11(7-5-9)8-14-12-15-10(2)16-13(17-12)18-3/h4-8H,1-3H3/b14-8+. The van der Waals surface area contributed by atoms with E-state index in [9.17, 15) is 0 Å². The molecule has 0 saturated heterocycles. The van der Waals surface area contributed by atoms with Crippen LogP contribution in [0.25, 0.3) is 0 Å². The lowest BCUT2D eigenvalue weighted by atomic mass is 10.2. The zero-order valence-electron chi connectivity index (χ0n) is 10.6. The molecule has 0 aliphatic heterocycles. The lowest BCUT2D eigenvalue weighted by Crippen LogP contribution is -1.97. The van der Waals surface area contributed by atoms with Crippen LogP contribution in [0.1, 0.15) is 17.0 Å². The van der Waals surface area contributed by atoms with E-state index in [4.69, 9.17) is 4.74 Å². The van der Waals surface area contributed by atoms with Gasteiger partial charge in [0, 0.05) is 6.21 Å². The van der Waals surface area contributed by atoms with Gasteiger partial charge in [0.15, 0.2) is 0 Å². The van der Waals surface area contributed by atoms with Gasteiger partial charge in [-0.05, 0) is 19.4 Å². The van der Waals surface area contributed by atoms with E-state index in [1.54, 1.807) is 13.1 Å². The van der Waals surface area contributed by atoms with Gasteiger partial charge in [-0.3, -0.25) is 0 Å². The molecule has 0 bridgehead atoms. The highest BCUT2D eigenvalue weighted by atomic mass is 16.5. The minimum Gasteiger partial charge on any atom is -0.467 e. The Balaban J connectivity index is 2.22. The van der Waals surface area contributed by atoms with Crippen molar-refractivity contribution in [3.8, 4) is 6.01 Å². The summed E-state index contributed by atoms with van der Waals surface area (Å²) in [6.45, 7) is 3.82. The summed E-state index contributed by atoms with van der Waals surface area (Å²) in [6, 6.07) is 8.31. The second kappa shape index (κ2) is 5.35. The number of aromatic nitrogens is 3. The van der Waals surface area contributed by atoms with E-state index in [1.807, 2.05) is 31.2 Å². The van der Waals surface area contributed by atoms with Crippen molar-refractivity contribution >= 4 is 12.2 Å². The zero-order valence-corrected chi connectivity index (χ0v) is 10.6. The van der Waals surface area contributed by atoms with Gasteiger partial charge in [-0.1, -0.05) is 29.8 Å². The number of ether oxygens (including phenoxy) is 1. The minimum absolute atomic E-state index is 0.276. The van der Waals surface area contributed by atoms with Crippen LogP contribution in [-0.4, -0.2) is 28.3 Å². The Morgan fingerprint density at radius 1 is 1.06 bits per heavy atom. The van der Waals surface area contributed by atoms with E-state index in [2.05, 4.69) is 19.9 Å². The SMILES string of the molecule is COc1nc(C)nc(/N=C/c2ccc(C)cc2)n1. The predicted molar refractivity (Wildman–Crippen MR) is 69.5 cm³/mol. The van der Waals surface area contributed by atoms with Crippen molar-refractivity contribution in [3.63, 3.8) is 0 Å². The first-order chi connectivity index (χ1) is 8.67. The van der Waals surface area contributed by atoms with Crippen molar-refractivity contribution in [2.75, 3.05) is 7.11 Å². The second-order valence-electron chi connectivity index (χ2n) is 3.84. The first-order valence-corrected chi connectivity index (χ1v) is 5.55. The number of aliphatic imine (C=N–C) groups is 1. The van der Waals surface area contributed by atoms with Crippen LogP contribution in [0.5, 0.6) is 6.01 Å². The Morgan fingerprint density at radius 2 is 1.78 bits per heavy atom. The number of hydrogen-bond donors (Lipinski definition) is 0. The Kier molecular flexibility index (Phi) is 3.62. The van der Waals surface area contributed by atoms with Gasteiger partial charge >= 0.3 is 6.01 Å². The van der Waals surface area contributed by atoms with Gasteiger partial charge in [0.25, 0.3) is 5.95 Å². The molecule has 0 aliphatic rings. The first-order valence-electron chi connectivity index (χ1n) is 5.55. The van der Waals surface area contributed by atoms with Crippen LogP contribution in [-0.2, 0) is 0 Å². The number of benzene rings is 1. The molecular weight excluding hydrogens is 228 g/mol. The lowest BCUT2D eigenvalue weighted by molar-refractivity contribution is 0.377. The van der Waals surface area contributed by atoms with Gasteiger partial charge in [-0.15, -0.1) is 0 Å². The van der Waals surface area contributed by atoms with Crippen LogP contribution in [0.2, 0.25) is 0 Å². The molecule has 0 fully saturated rings. The van der Waals surface area contributed by atoms with Crippen molar-refractivity contribution in [1.82, 2.24) is 15.0 Å². The third kappa shape index (κ3) is 3.10. The molecule has 0 radical (unpaired) electrons. The first kappa shape index (κ1) is 12.2. The maximum atomic E-state index is 4.97. The quantitative estimate of drug-likeness (QED) is 0.774. The molecule has 0 spiro atoms. The average molecular weight is 242 g/mol. The molecular formula is C13H14N4O. The third-order valence-corrected chi connectivity index (χ3v) is 2.30. The molecule has 18 heavy (non-hydrogen) atoms. The Hall–Kier alpha value is -2.30. The molecule has 2 aromatic rings. The fraction of sp³-hybridized carbons (Fsp3) is 0.231. The summed E-state index contributed by atoms with van der Waals surface area (Å²) < 4.78 is 4.97.